The summed E-state index contributed by atoms with van der Waals surface area (Å²) in [6, 6.07) is 12.2. The second kappa shape index (κ2) is 9.85. The topological polar surface area (TPSA) is 96.7 Å². The van der Waals surface area contributed by atoms with Crippen molar-refractivity contribution in [2.24, 2.45) is 0 Å². The number of alkyl halides is 1. The maximum atomic E-state index is 15.6. The fraction of sp³-hybridized carbons (Fsp3) is 0.481. The molecule has 2 aromatic rings. The van der Waals surface area contributed by atoms with Gasteiger partial charge in [0.2, 0.25) is 0 Å². The summed E-state index contributed by atoms with van der Waals surface area (Å²) in [7, 11) is 0. The lowest BCUT2D eigenvalue weighted by Gasteiger charge is -2.37. The zero-order valence-corrected chi connectivity index (χ0v) is 19.9. The molecule has 35 heavy (non-hydrogen) atoms. The van der Waals surface area contributed by atoms with Gasteiger partial charge in [-0.25, -0.2) is 9.18 Å². The predicted molar refractivity (Wildman–Crippen MR) is 133 cm³/mol. The first kappa shape index (κ1) is 23.6. The molecular formula is C27H33FN4O3. The van der Waals surface area contributed by atoms with Crippen LogP contribution < -0.4 is 16.4 Å². The Labute approximate surface area is 205 Å². The molecule has 0 bridgehead atoms. The van der Waals surface area contributed by atoms with Crippen molar-refractivity contribution < 1.29 is 18.7 Å². The molecule has 3 amide bonds. The van der Waals surface area contributed by atoms with Gasteiger partial charge in [-0.3, -0.25) is 4.79 Å². The Bertz CT molecular complexity index is 1070. The standard InChI is InChI=1S/C27H33FN4O3/c28-27(20-5-7-21(29)8-6-20)11-13-32(14-12-27)25(33)19-4-9-23(18-2-1-3-18)24(16-19)31-26(34)30-22-10-15-35-17-22/h4-9,16,18,22H,1-3,10-15,17,29H2,(H2,30,31,34)/t22-/m0/s1. The van der Waals surface area contributed by atoms with E-state index in [2.05, 4.69) is 10.6 Å². The van der Waals surface area contributed by atoms with E-state index in [1.807, 2.05) is 12.1 Å². The van der Waals surface area contributed by atoms with E-state index in [0.29, 0.717) is 54.7 Å². The number of nitrogens with one attached hydrogen (secondary N) is 2. The number of carbonyl (C=O) groups excluding carboxylic acids is 2. The van der Waals surface area contributed by atoms with Crippen LogP contribution in [0, 0.1) is 0 Å². The van der Waals surface area contributed by atoms with E-state index in [1.165, 1.54) is 6.42 Å². The molecule has 4 N–H and O–H groups in total. The first-order valence-electron chi connectivity index (χ1n) is 12.5. The lowest BCUT2D eigenvalue weighted by atomic mass is 9.79. The largest absolute Gasteiger partial charge is 0.399 e. The first-order chi connectivity index (χ1) is 16.9. The van der Waals surface area contributed by atoms with E-state index in [-0.39, 0.29) is 30.8 Å². The van der Waals surface area contributed by atoms with E-state index in [9.17, 15) is 9.59 Å². The summed E-state index contributed by atoms with van der Waals surface area (Å²) < 4.78 is 20.9. The van der Waals surface area contributed by atoms with Gasteiger partial charge in [0.25, 0.3) is 5.91 Å². The maximum Gasteiger partial charge on any atom is 0.319 e. The Hall–Kier alpha value is -3.13. The molecule has 2 aromatic carbocycles. The predicted octanol–water partition coefficient (Wildman–Crippen LogP) is 4.55. The van der Waals surface area contributed by atoms with Crippen LogP contribution in [-0.4, -0.2) is 49.2 Å². The highest BCUT2D eigenvalue weighted by atomic mass is 19.1. The molecule has 2 aliphatic heterocycles. The third-order valence-corrected chi connectivity index (χ3v) is 7.63. The fourth-order valence-electron chi connectivity index (χ4n) is 5.18. The fourth-order valence-corrected chi connectivity index (χ4v) is 5.18. The van der Waals surface area contributed by atoms with Crippen LogP contribution >= 0.6 is 0 Å². The molecule has 2 saturated heterocycles. The van der Waals surface area contributed by atoms with Crippen molar-refractivity contribution in [3.63, 3.8) is 0 Å². The molecule has 7 nitrogen and oxygen atoms in total. The summed E-state index contributed by atoms with van der Waals surface area (Å²) in [5.41, 5.74) is 7.73. The van der Waals surface area contributed by atoms with Crippen molar-refractivity contribution in [3.05, 3.63) is 59.2 Å². The smallest absolute Gasteiger partial charge is 0.319 e. The van der Waals surface area contributed by atoms with Crippen LogP contribution in [0.1, 0.15) is 65.9 Å². The molecule has 1 saturated carbocycles. The van der Waals surface area contributed by atoms with Gasteiger partial charge in [-0.15, -0.1) is 0 Å². The number of halogens is 1. The molecule has 1 atom stereocenters. The molecular weight excluding hydrogens is 447 g/mol. The number of benzene rings is 2. The highest BCUT2D eigenvalue weighted by Crippen LogP contribution is 2.41. The summed E-state index contributed by atoms with van der Waals surface area (Å²) in [6.45, 7) is 1.82. The molecule has 0 spiro atoms. The number of rotatable bonds is 5. The van der Waals surface area contributed by atoms with Gasteiger partial charge in [-0.2, -0.15) is 0 Å². The van der Waals surface area contributed by atoms with Crippen LogP contribution in [0.3, 0.4) is 0 Å². The van der Waals surface area contributed by atoms with Crippen molar-refractivity contribution in [1.29, 1.82) is 0 Å². The molecule has 2 heterocycles. The van der Waals surface area contributed by atoms with Gasteiger partial charge in [-0.05, 0) is 60.6 Å². The van der Waals surface area contributed by atoms with Gasteiger partial charge in [0.05, 0.1) is 12.6 Å². The SMILES string of the molecule is Nc1ccc(C2(F)CCN(C(=O)c3ccc(C4CCC4)c(NC(=O)N[C@H]4CCOC4)c3)CC2)cc1. The van der Waals surface area contributed by atoms with Gasteiger partial charge in [-0.1, -0.05) is 24.6 Å². The first-order valence-corrected chi connectivity index (χ1v) is 12.5. The minimum Gasteiger partial charge on any atom is -0.399 e. The molecule has 0 radical (unpaired) electrons. The molecule has 0 aromatic heterocycles. The lowest BCUT2D eigenvalue weighted by molar-refractivity contribution is 0.0421. The number of nitrogens with two attached hydrogens (primary N) is 1. The van der Waals surface area contributed by atoms with Crippen LogP contribution in [0.4, 0.5) is 20.6 Å². The average molecular weight is 481 g/mol. The second-order valence-corrected chi connectivity index (χ2v) is 9.97. The Kier molecular flexibility index (Phi) is 6.65. The normalized spacial score (nSPS) is 21.9. The van der Waals surface area contributed by atoms with Crippen molar-refractivity contribution in [2.45, 2.75) is 56.2 Å². The lowest BCUT2D eigenvalue weighted by Crippen LogP contribution is -2.43. The highest BCUT2D eigenvalue weighted by Gasteiger charge is 2.38. The van der Waals surface area contributed by atoms with Gasteiger partial charge in [0.1, 0.15) is 5.67 Å². The number of likely N-dealkylation sites (tertiary alicyclic amines) is 1. The van der Waals surface area contributed by atoms with Crippen molar-refractivity contribution in [3.8, 4) is 0 Å². The van der Waals surface area contributed by atoms with Gasteiger partial charge >= 0.3 is 6.03 Å². The van der Waals surface area contributed by atoms with Crippen LogP contribution in [0.5, 0.6) is 0 Å². The number of anilines is 2. The Morgan fingerprint density at radius 1 is 1.06 bits per heavy atom. The average Bonchev–Trinajstić information content (AvgIpc) is 3.32. The number of ether oxygens (including phenoxy) is 1. The van der Waals surface area contributed by atoms with E-state index < -0.39 is 5.67 Å². The molecule has 3 fully saturated rings. The van der Waals surface area contributed by atoms with Crippen LogP contribution in [0.25, 0.3) is 0 Å². The molecule has 5 rings (SSSR count). The van der Waals surface area contributed by atoms with E-state index in [0.717, 1.165) is 24.8 Å². The summed E-state index contributed by atoms with van der Waals surface area (Å²) in [6.07, 6.45) is 4.59. The second-order valence-electron chi connectivity index (χ2n) is 9.97. The number of nitrogen functional groups attached to an aromatic ring is 1. The summed E-state index contributed by atoms with van der Waals surface area (Å²) >= 11 is 0. The molecule has 8 heteroatoms. The Morgan fingerprint density at radius 3 is 2.43 bits per heavy atom. The van der Waals surface area contributed by atoms with Crippen molar-refractivity contribution in [1.82, 2.24) is 10.2 Å². The number of hydrogen-bond donors (Lipinski definition) is 3. The summed E-state index contributed by atoms with van der Waals surface area (Å²) in [4.78, 5) is 27.7. The molecule has 3 aliphatic rings. The van der Waals surface area contributed by atoms with Crippen molar-refractivity contribution in [2.75, 3.05) is 37.4 Å². The number of urea groups is 1. The van der Waals surface area contributed by atoms with E-state index in [4.69, 9.17) is 10.5 Å². The number of amides is 3. The minimum atomic E-state index is -1.46. The zero-order valence-electron chi connectivity index (χ0n) is 19.9. The van der Waals surface area contributed by atoms with Gasteiger partial charge < -0.3 is 26.0 Å². The summed E-state index contributed by atoms with van der Waals surface area (Å²) in [5, 5.41) is 5.93. The molecule has 1 aliphatic carbocycles. The van der Waals surface area contributed by atoms with Gasteiger partial charge in [0, 0.05) is 49.5 Å². The van der Waals surface area contributed by atoms with E-state index in [1.54, 1.807) is 35.2 Å². The third kappa shape index (κ3) is 5.12. The van der Waals surface area contributed by atoms with Crippen LogP contribution in [-0.2, 0) is 10.4 Å². The number of piperidine rings is 1. The van der Waals surface area contributed by atoms with E-state index >= 15 is 4.39 Å². The summed E-state index contributed by atoms with van der Waals surface area (Å²) in [5.74, 6) is 0.253. The van der Waals surface area contributed by atoms with Crippen LogP contribution in [0.15, 0.2) is 42.5 Å². The maximum absolute atomic E-state index is 15.6. The minimum absolute atomic E-state index is 0.00217. The quantitative estimate of drug-likeness (QED) is 0.547. The zero-order chi connectivity index (χ0) is 24.4. The van der Waals surface area contributed by atoms with Gasteiger partial charge in [0.15, 0.2) is 0 Å². The number of hydrogen-bond acceptors (Lipinski definition) is 4. The number of nitrogens with zero attached hydrogens (tertiary/aromatic N) is 1. The monoisotopic (exact) mass is 480 g/mol. The Balaban J connectivity index is 1.28. The molecule has 0 unspecified atom stereocenters. The highest BCUT2D eigenvalue weighted by molar-refractivity contribution is 5.97. The Morgan fingerprint density at radius 2 is 1.80 bits per heavy atom. The van der Waals surface area contributed by atoms with Crippen molar-refractivity contribution >= 4 is 23.3 Å². The third-order valence-electron chi connectivity index (χ3n) is 7.63. The number of carbonyl (C=O) groups is 2. The molecule has 186 valence electrons. The van der Waals surface area contributed by atoms with Crippen LogP contribution in [0.2, 0.25) is 0 Å².